The molecule has 5 nitrogen and oxygen atoms in total. The van der Waals surface area contributed by atoms with E-state index in [0.717, 1.165) is 3.57 Å². The van der Waals surface area contributed by atoms with E-state index in [1.54, 1.807) is 12.1 Å². The SMILES string of the molecule is CNC(=O)CNC(=O)c1cc(I)ccc1O. The highest BCUT2D eigenvalue weighted by atomic mass is 127. The fraction of sp³-hybridized carbons (Fsp3) is 0.200. The predicted octanol–water partition coefficient (Wildman–Crippen LogP) is 0.473. The number of hydrogen-bond acceptors (Lipinski definition) is 3. The zero-order valence-electron chi connectivity index (χ0n) is 8.58. The Hall–Kier alpha value is -1.31. The number of carbonyl (C=O) groups excluding carboxylic acids is 2. The maximum absolute atomic E-state index is 11.6. The molecule has 6 heteroatoms. The van der Waals surface area contributed by atoms with E-state index in [0.29, 0.717) is 0 Å². The van der Waals surface area contributed by atoms with Crippen LogP contribution < -0.4 is 10.6 Å². The first-order valence-corrected chi connectivity index (χ1v) is 5.59. The zero-order valence-corrected chi connectivity index (χ0v) is 10.7. The van der Waals surface area contributed by atoms with Crippen molar-refractivity contribution < 1.29 is 14.7 Å². The van der Waals surface area contributed by atoms with Crippen molar-refractivity contribution in [1.29, 1.82) is 0 Å². The Bertz CT molecular complexity index is 421. The molecule has 0 spiro atoms. The molecule has 0 aliphatic carbocycles. The summed E-state index contributed by atoms with van der Waals surface area (Å²) in [5, 5.41) is 14.2. The highest BCUT2D eigenvalue weighted by molar-refractivity contribution is 14.1. The average molecular weight is 334 g/mol. The van der Waals surface area contributed by atoms with Crippen molar-refractivity contribution in [3.63, 3.8) is 0 Å². The highest BCUT2D eigenvalue weighted by Gasteiger charge is 2.11. The lowest BCUT2D eigenvalue weighted by atomic mass is 10.2. The first-order chi connectivity index (χ1) is 7.54. The van der Waals surface area contributed by atoms with Gasteiger partial charge < -0.3 is 15.7 Å². The lowest BCUT2D eigenvalue weighted by molar-refractivity contribution is -0.119. The molecule has 2 amide bonds. The molecule has 0 saturated carbocycles. The Labute approximate surface area is 106 Å². The van der Waals surface area contributed by atoms with Gasteiger partial charge in [0, 0.05) is 10.6 Å². The molecule has 86 valence electrons. The minimum absolute atomic E-state index is 0.102. The lowest BCUT2D eigenvalue weighted by Gasteiger charge is -2.06. The summed E-state index contributed by atoms with van der Waals surface area (Å²) >= 11 is 2.03. The molecular weight excluding hydrogens is 323 g/mol. The van der Waals surface area contributed by atoms with Crippen LogP contribution in [0.15, 0.2) is 18.2 Å². The number of likely N-dealkylation sites (N-methyl/N-ethyl adjacent to an activating group) is 1. The number of aromatic hydroxyl groups is 1. The third-order valence-corrected chi connectivity index (χ3v) is 2.56. The van der Waals surface area contributed by atoms with Crippen LogP contribution in [0.25, 0.3) is 0 Å². The second kappa shape index (κ2) is 5.69. The molecule has 1 aromatic rings. The number of rotatable bonds is 3. The van der Waals surface area contributed by atoms with Gasteiger partial charge in [-0.05, 0) is 40.8 Å². The second-order valence-corrected chi connectivity index (χ2v) is 4.26. The van der Waals surface area contributed by atoms with Crippen LogP contribution in [-0.2, 0) is 4.79 Å². The van der Waals surface area contributed by atoms with Crippen LogP contribution in [0.1, 0.15) is 10.4 Å². The maximum Gasteiger partial charge on any atom is 0.255 e. The summed E-state index contributed by atoms with van der Waals surface area (Å²) < 4.78 is 0.834. The molecule has 0 bridgehead atoms. The fourth-order valence-electron chi connectivity index (χ4n) is 1.03. The molecule has 0 unspecified atom stereocenters. The van der Waals surface area contributed by atoms with Gasteiger partial charge in [0.2, 0.25) is 5.91 Å². The van der Waals surface area contributed by atoms with Crippen molar-refractivity contribution >= 4 is 34.4 Å². The molecule has 0 saturated heterocycles. The fourth-order valence-corrected chi connectivity index (χ4v) is 1.53. The van der Waals surface area contributed by atoms with E-state index in [4.69, 9.17) is 0 Å². The quantitative estimate of drug-likeness (QED) is 0.704. The van der Waals surface area contributed by atoms with Gasteiger partial charge in [0.05, 0.1) is 12.1 Å². The van der Waals surface area contributed by atoms with E-state index in [1.807, 2.05) is 22.6 Å². The van der Waals surface area contributed by atoms with Crippen molar-refractivity contribution in [2.45, 2.75) is 0 Å². The van der Waals surface area contributed by atoms with E-state index in [-0.39, 0.29) is 23.8 Å². The van der Waals surface area contributed by atoms with Crippen LogP contribution in [0.2, 0.25) is 0 Å². The Balaban J connectivity index is 2.73. The number of halogens is 1. The van der Waals surface area contributed by atoms with Gasteiger partial charge in [-0.3, -0.25) is 9.59 Å². The van der Waals surface area contributed by atoms with Crippen LogP contribution in [-0.4, -0.2) is 30.5 Å². The first-order valence-electron chi connectivity index (χ1n) is 4.52. The number of carbonyl (C=O) groups is 2. The van der Waals surface area contributed by atoms with Crippen LogP contribution in [0, 0.1) is 3.57 Å². The van der Waals surface area contributed by atoms with Gasteiger partial charge in [0.15, 0.2) is 0 Å². The van der Waals surface area contributed by atoms with Crippen LogP contribution >= 0.6 is 22.6 Å². The largest absolute Gasteiger partial charge is 0.507 e. The Morgan fingerprint density at radius 1 is 1.44 bits per heavy atom. The Kier molecular flexibility index (Phi) is 4.53. The van der Waals surface area contributed by atoms with Gasteiger partial charge in [-0.2, -0.15) is 0 Å². The van der Waals surface area contributed by atoms with Gasteiger partial charge in [0.1, 0.15) is 5.75 Å². The molecule has 0 fully saturated rings. The summed E-state index contributed by atoms with van der Waals surface area (Å²) in [5.41, 5.74) is 0.163. The molecule has 0 aliphatic heterocycles. The number of phenolic OH excluding ortho intramolecular Hbond substituents is 1. The van der Waals surface area contributed by atoms with Gasteiger partial charge in [0.25, 0.3) is 5.91 Å². The molecule has 0 radical (unpaired) electrons. The Morgan fingerprint density at radius 2 is 2.12 bits per heavy atom. The van der Waals surface area contributed by atoms with Crippen molar-refractivity contribution in [1.82, 2.24) is 10.6 Å². The average Bonchev–Trinajstić information content (AvgIpc) is 2.28. The van der Waals surface area contributed by atoms with E-state index in [9.17, 15) is 14.7 Å². The molecule has 0 heterocycles. The molecule has 1 aromatic carbocycles. The van der Waals surface area contributed by atoms with E-state index >= 15 is 0 Å². The second-order valence-electron chi connectivity index (χ2n) is 3.02. The monoisotopic (exact) mass is 334 g/mol. The molecule has 0 atom stereocenters. The van der Waals surface area contributed by atoms with Gasteiger partial charge in [-0.1, -0.05) is 0 Å². The standard InChI is InChI=1S/C10H11IN2O3/c1-12-9(15)5-13-10(16)7-4-6(11)2-3-8(7)14/h2-4,14H,5H2,1H3,(H,12,15)(H,13,16). The summed E-state index contributed by atoms with van der Waals surface area (Å²) in [4.78, 5) is 22.5. The number of hydrogen-bond donors (Lipinski definition) is 3. The molecular formula is C10H11IN2O3. The third kappa shape index (κ3) is 3.37. The van der Waals surface area contributed by atoms with Crippen LogP contribution in [0.3, 0.4) is 0 Å². The van der Waals surface area contributed by atoms with E-state index in [2.05, 4.69) is 10.6 Å². The molecule has 1 rings (SSSR count). The van der Waals surface area contributed by atoms with Crippen LogP contribution in [0.5, 0.6) is 5.75 Å². The Morgan fingerprint density at radius 3 is 2.75 bits per heavy atom. The molecule has 3 N–H and O–H groups in total. The number of phenols is 1. The molecule has 0 aliphatic rings. The summed E-state index contributed by atoms with van der Waals surface area (Å²) in [6.07, 6.45) is 0. The summed E-state index contributed by atoms with van der Waals surface area (Å²) in [6, 6.07) is 4.68. The molecule has 0 aromatic heterocycles. The van der Waals surface area contributed by atoms with Gasteiger partial charge >= 0.3 is 0 Å². The minimum Gasteiger partial charge on any atom is -0.507 e. The predicted molar refractivity (Wildman–Crippen MR) is 67.2 cm³/mol. The highest BCUT2D eigenvalue weighted by Crippen LogP contribution is 2.19. The number of nitrogens with one attached hydrogen (secondary N) is 2. The number of amides is 2. The van der Waals surface area contributed by atoms with E-state index < -0.39 is 5.91 Å². The van der Waals surface area contributed by atoms with Gasteiger partial charge in [-0.15, -0.1) is 0 Å². The normalized spacial score (nSPS) is 9.62. The third-order valence-electron chi connectivity index (χ3n) is 1.89. The molecule has 16 heavy (non-hydrogen) atoms. The number of benzene rings is 1. The maximum atomic E-state index is 11.6. The van der Waals surface area contributed by atoms with E-state index in [1.165, 1.54) is 13.1 Å². The van der Waals surface area contributed by atoms with Crippen molar-refractivity contribution in [3.8, 4) is 5.75 Å². The first kappa shape index (κ1) is 12.8. The minimum atomic E-state index is -0.473. The smallest absolute Gasteiger partial charge is 0.255 e. The lowest BCUT2D eigenvalue weighted by Crippen LogP contribution is -2.35. The van der Waals surface area contributed by atoms with Crippen molar-refractivity contribution in [3.05, 3.63) is 27.3 Å². The van der Waals surface area contributed by atoms with Gasteiger partial charge in [-0.25, -0.2) is 0 Å². The summed E-state index contributed by atoms with van der Waals surface area (Å²) in [6.45, 7) is -0.111. The van der Waals surface area contributed by atoms with Crippen LogP contribution in [0.4, 0.5) is 0 Å². The van der Waals surface area contributed by atoms with Crippen molar-refractivity contribution in [2.24, 2.45) is 0 Å². The topological polar surface area (TPSA) is 78.4 Å². The van der Waals surface area contributed by atoms with Crippen molar-refractivity contribution in [2.75, 3.05) is 13.6 Å². The zero-order chi connectivity index (χ0) is 12.1. The summed E-state index contributed by atoms with van der Waals surface area (Å²) in [5.74, 6) is -0.868. The summed E-state index contributed by atoms with van der Waals surface area (Å²) in [7, 11) is 1.48.